The molecule has 0 spiro atoms. The quantitative estimate of drug-likeness (QED) is 0.823. The van der Waals surface area contributed by atoms with Crippen LogP contribution in [-0.2, 0) is 10.0 Å². The fourth-order valence-corrected chi connectivity index (χ4v) is 5.43. The van der Waals surface area contributed by atoms with Gasteiger partial charge in [0.1, 0.15) is 0 Å². The highest BCUT2D eigenvalue weighted by Gasteiger charge is 2.31. The van der Waals surface area contributed by atoms with E-state index < -0.39 is 10.0 Å². The Morgan fingerprint density at radius 3 is 2.88 bits per heavy atom. The average molecular weight is 380 g/mol. The molecular weight excluding hydrogens is 360 g/mol. The number of aryl methyl sites for hydroxylation is 1. The van der Waals surface area contributed by atoms with Gasteiger partial charge in [0.25, 0.3) is 15.9 Å². The molecule has 1 fully saturated rings. The number of carbonyl (C=O) groups excluding carboxylic acids is 1. The Balaban J connectivity index is 1.74. The van der Waals surface area contributed by atoms with Crippen molar-refractivity contribution >= 4 is 32.4 Å². The molecule has 0 unspecified atom stereocenters. The molecule has 0 bridgehead atoms. The van der Waals surface area contributed by atoms with Crippen LogP contribution < -0.4 is 5.32 Å². The molecule has 0 radical (unpaired) electrons. The summed E-state index contributed by atoms with van der Waals surface area (Å²) in [5.41, 5.74) is 1.46. The van der Waals surface area contributed by atoms with Gasteiger partial charge < -0.3 is 0 Å². The molecule has 0 saturated carbocycles. The van der Waals surface area contributed by atoms with Crippen LogP contribution in [0, 0.1) is 12.8 Å². The molecule has 25 heavy (non-hydrogen) atoms. The van der Waals surface area contributed by atoms with Crippen molar-refractivity contribution in [3.8, 4) is 0 Å². The second kappa shape index (κ2) is 7.19. The lowest BCUT2D eigenvalue weighted by molar-refractivity contribution is 0.102. The minimum Gasteiger partial charge on any atom is -0.296 e. The lowest BCUT2D eigenvalue weighted by atomic mass is 10.0. The largest absolute Gasteiger partial charge is 0.296 e. The van der Waals surface area contributed by atoms with E-state index in [2.05, 4.69) is 15.5 Å². The summed E-state index contributed by atoms with van der Waals surface area (Å²) in [6.45, 7) is 4.92. The molecule has 1 aliphatic heterocycles. The maximum Gasteiger partial charge on any atom is 0.272 e. The van der Waals surface area contributed by atoms with E-state index in [1.54, 1.807) is 18.2 Å². The summed E-state index contributed by atoms with van der Waals surface area (Å²) in [6, 6.07) is 7.13. The number of amides is 1. The number of hydrogen-bond donors (Lipinski definition) is 1. The van der Waals surface area contributed by atoms with Crippen LogP contribution in [0.4, 0.5) is 5.13 Å². The van der Waals surface area contributed by atoms with Crippen molar-refractivity contribution < 1.29 is 13.2 Å². The minimum atomic E-state index is -3.65. The second-order valence-corrected chi connectivity index (χ2v) is 9.40. The van der Waals surface area contributed by atoms with Crippen molar-refractivity contribution in [1.29, 1.82) is 0 Å². The van der Waals surface area contributed by atoms with Crippen molar-refractivity contribution in [1.82, 2.24) is 14.5 Å². The van der Waals surface area contributed by atoms with E-state index in [0.29, 0.717) is 24.6 Å². The first-order chi connectivity index (χ1) is 11.9. The summed E-state index contributed by atoms with van der Waals surface area (Å²) < 4.78 is 26.7. The molecule has 2 heterocycles. The van der Waals surface area contributed by atoms with Crippen LogP contribution in [0.5, 0.6) is 0 Å². The van der Waals surface area contributed by atoms with Gasteiger partial charge in [0.05, 0.1) is 0 Å². The van der Waals surface area contributed by atoms with Gasteiger partial charge in [-0.2, -0.15) is 4.31 Å². The van der Waals surface area contributed by atoms with E-state index in [1.807, 2.05) is 19.9 Å². The topological polar surface area (TPSA) is 92.3 Å². The van der Waals surface area contributed by atoms with Crippen molar-refractivity contribution in [2.75, 3.05) is 18.4 Å². The molecule has 1 atom stereocenters. The van der Waals surface area contributed by atoms with Gasteiger partial charge in [-0.25, -0.2) is 8.42 Å². The van der Waals surface area contributed by atoms with E-state index in [4.69, 9.17) is 0 Å². The Hall–Kier alpha value is -1.84. The second-order valence-electron chi connectivity index (χ2n) is 6.31. The third kappa shape index (κ3) is 4.05. The molecule has 1 aromatic heterocycles. The highest BCUT2D eigenvalue weighted by molar-refractivity contribution is 7.91. The zero-order chi connectivity index (χ0) is 18.0. The normalized spacial score (nSPS) is 18.9. The molecular formula is C16H20N4O3S2. The molecule has 1 saturated heterocycles. The summed E-state index contributed by atoms with van der Waals surface area (Å²) in [4.78, 5) is 12.2. The molecule has 1 aromatic carbocycles. The van der Waals surface area contributed by atoms with Gasteiger partial charge in [0.2, 0.25) is 9.47 Å². The van der Waals surface area contributed by atoms with Crippen LogP contribution in [0.1, 0.15) is 35.7 Å². The highest BCUT2D eigenvalue weighted by atomic mass is 32.2. The first-order valence-corrected chi connectivity index (χ1v) is 10.3. The van der Waals surface area contributed by atoms with Gasteiger partial charge in [-0.05, 0) is 37.8 Å². The van der Waals surface area contributed by atoms with Crippen molar-refractivity contribution in [2.45, 2.75) is 31.0 Å². The Morgan fingerprint density at radius 1 is 1.36 bits per heavy atom. The van der Waals surface area contributed by atoms with E-state index in [1.165, 1.54) is 4.31 Å². The molecule has 0 aliphatic carbocycles. The molecule has 1 N–H and O–H groups in total. The number of anilines is 1. The fraction of sp³-hybridized carbons (Fsp3) is 0.438. The monoisotopic (exact) mass is 380 g/mol. The summed E-state index contributed by atoms with van der Waals surface area (Å²) in [5.74, 6) is -0.00710. The lowest BCUT2D eigenvalue weighted by Crippen LogP contribution is -2.39. The SMILES string of the molecule is Cc1cccc(C(=O)Nc2nnc(S(=O)(=O)N3CCC[C@H](C)C3)s2)c1. The third-order valence-electron chi connectivity index (χ3n) is 4.09. The number of hydrogen-bond acceptors (Lipinski definition) is 6. The standard InChI is InChI=1S/C16H20N4O3S2/c1-11-5-3-7-13(9-11)14(21)17-15-18-19-16(24-15)25(22,23)20-8-4-6-12(2)10-20/h3,5,7,9,12H,4,6,8,10H2,1-2H3,(H,17,18,21)/t12-/m0/s1. The number of aromatic nitrogens is 2. The number of nitrogens with one attached hydrogen (secondary N) is 1. The predicted molar refractivity (Wildman–Crippen MR) is 96.2 cm³/mol. The third-order valence-corrected chi connectivity index (χ3v) is 7.14. The minimum absolute atomic E-state index is 0.0823. The van der Waals surface area contributed by atoms with Gasteiger partial charge in [0.15, 0.2) is 0 Å². The maximum absolute atomic E-state index is 12.7. The Morgan fingerprint density at radius 2 is 2.16 bits per heavy atom. The van der Waals surface area contributed by atoms with Gasteiger partial charge in [-0.3, -0.25) is 10.1 Å². The molecule has 9 heteroatoms. The highest BCUT2D eigenvalue weighted by Crippen LogP contribution is 2.27. The Bertz CT molecular complexity index is 879. The smallest absolute Gasteiger partial charge is 0.272 e. The summed E-state index contributed by atoms with van der Waals surface area (Å²) in [6.07, 6.45) is 1.87. The molecule has 1 amide bonds. The van der Waals surface area contributed by atoms with Crippen LogP contribution in [0.15, 0.2) is 28.6 Å². The summed E-state index contributed by atoms with van der Waals surface area (Å²) in [7, 11) is -3.65. The van der Waals surface area contributed by atoms with Gasteiger partial charge in [-0.1, -0.05) is 36.0 Å². The lowest BCUT2D eigenvalue weighted by Gasteiger charge is -2.28. The van der Waals surface area contributed by atoms with E-state index >= 15 is 0 Å². The van der Waals surface area contributed by atoms with Gasteiger partial charge in [-0.15, -0.1) is 10.2 Å². The van der Waals surface area contributed by atoms with E-state index in [9.17, 15) is 13.2 Å². The van der Waals surface area contributed by atoms with Crippen LogP contribution in [-0.4, -0.2) is 41.9 Å². The first-order valence-electron chi connectivity index (χ1n) is 8.08. The summed E-state index contributed by atoms with van der Waals surface area (Å²) in [5, 5.41) is 10.4. The maximum atomic E-state index is 12.7. The molecule has 1 aliphatic rings. The molecule has 2 aromatic rings. The number of piperidine rings is 1. The molecule has 3 rings (SSSR count). The fourth-order valence-electron chi connectivity index (χ4n) is 2.80. The number of benzene rings is 1. The van der Waals surface area contributed by atoms with Crippen LogP contribution >= 0.6 is 11.3 Å². The first kappa shape index (κ1) is 18.0. The Labute approximate surface area is 151 Å². The summed E-state index contributed by atoms with van der Waals surface area (Å²) >= 11 is 0.878. The van der Waals surface area contributed by atoms with Gasteiger partial charge in [0, 0.05) is 18.7 Å². The van der Waals surface area contributed by atoms with Gasteiger partial charge >= 0.3 is 0 Å². The number of rotatable bonds is 4. The van der Waals surface area contributed by atoms with Crippen molar-refractivity contribution in [3.63, 3.8) is 0 Å². The van der Waals surface area contributed by atoms with Crippen LogP contribution in [0.3, 0.4) is 0 Å². The van der Waals surface area contributed by atoms with Crippen LogP contribution in [0.2, 0.25) is 0 Å². The van der Waals surface area contributed by atoms with E-state index in [-0.39, 0.29) is 15.4 Å². The Kier molecular flexibility index (Phi) is 5.16. The van der Waals surface area contributed by atoms with Crippen molar-refractivity contribution in [2.24, 2.45) is 5.92 Å². The zero-order valence-corrected chi connectivity index (χ0v) is 15.7. The number of sulfonamides is 1. The zero-order valence-electron chi connectivity index (χ0n) is 14.1. The number of nitrogens with zero attached hydrogens (tertiary/aromatic N) is 3. The van der Waals surface area contributed by atoms with Crippen LogP contribution in [0.25, 0.3) is 0 Å². The van der Waals surface area contributed by atoms with E-state index in [0.717, 1.165) is 29.7 Å². The average Bonchev–Trinajstić information content (AvgIpc) is 3.04. The van der Waals surface area contributed by atoms with Crippen molar-refractivity contribution in [3.05, 3.63) is 35.4 Å². The molecule has 7 nitrogen and oxygen atoms in total. The predicted octanol–water partition coefficient (Wildman–Crippen LogP) is 2.52. The molecule has 134 valence electrons. The number of carbonyl (C=O) groups is 1.